The molecule has 0 atom stereocenters. The summed E-state index contributed by atoms with van der Waals surface area (Å²) in [6.45, 7) is 0. The third kappa shape index (κ3) is 4.33. The number of benzene rings is 2. The molecule has 5 nitrogen and oxygen atoms in total. The second-order valence-electron chi connectivity index (χ2n) is 6.63. The number of carbonyl (C=O) groups is 1. The molecule has 1 heterocycles. The van der Waals surface area contributed by atoms with Crippen LogP contribution < -0.4 is 5.73 Å². The van der Waals surface area contributed by atoms with Crippen LogP contribution in [-0.2, 0) is 17.6 Å². The van der Waals surface area contributed by atoms with Gasteiger partial charge in [0.15, 0.2) is 0 Å². The number of carboxylic acids is 1. The number of halogens is 4. The molecule has 3 N–H and O–H groups in total. The average Bonchev–Trinajstić information content (AvgIpc) is 2.73. The molecule has 0 saturated carbocycles. The lowest BCUT2D eigenvalue weighted by atomic mass is 9.83. The van der Waals surface area contributed by atoms with Gasteiger partial charge in [-0.2, -0.15) is 18.4 Å². The summed E-state index contributed by atoms with van der Waals surface area (Å²) in [6.07, 6.45) is -3.54. The maximum Gasteiger partial charge on any atom is 0.490 e. The van der Waals surface area contributed by atoms with Gasteiger partial charge in [-0.15, -0.1) is 0 Å². The normalized spacial score (nSPS) is 12.0. The van der Waals surface area contributed by atoms with E-state index in [-0.39, 0.29) is 17.2 Å². The maximum absolute atomic E-state index is 14.4. The van der Waals surface area contributed by atoms with Gasteiger partial charge in [0.1, 0.15) is 23.3 Å². The molecule has 0 saturated heterocycles. The van der Waals surface area contributed by atoms with Gasteiger partial charge in [0.2, 0.25) is 0 Å². The van der Waals surface area contributed by atoms with E-state index in [0.29, 0.717) is 17.5 Å². The van der Waals surface area contributed by atoms with Crippen LogP contribution in [0.25, 0.3) is 22.4 Å². The van der Waals surface area contributed by atoms with Crippen molar-refractivity contribution in [3.05, 3.63) is 71.0 Å². The number of fused-ring (bicyclic) bond motifs is 3. The quantitative estimate of drug-likeness (QED) is 0.545. The van der Waals surface area contributed by atoms with E-state index in [9.17, 15) is 22.8 Å². The van der Waals surface area contributed by atoms with Crippen molar-refractivity contribution >= 4 is 11.8 Å². The molecule has 3 aromatic rings. The fraction of sp³-hybridized carbons (Fsp3) is 0.136. The van der Waals surface area contributed by atoms with Gasteiger partial charge in [-0.25, -0.2) is 14.2 Å². The molecule has 158 valence electrons. The minimum absolute atomic E-state index is 0.145. The van der Waals surface area contributed by atoms with Crippen molar-refractivity contribution < 1.29 is 27.5 Å². The topological polar surface area (TPSA) is 100 Å². The van der Waals surface area contributed by atoms with E-state index < -0.39 is 12.1 Å². The maximum atomic E-state index is 14.4. The first-order valence-electron chi connectivity index (χ1n) is 9.00. The van der Waals surface area contributed by atoms with Crippen LogP contribution in [0, 0.1) is 17.1 Å². The van der Waals surface area contributed by atoms with Crippen molar-refractivity contribution in [3.8, 4) is 28.5 Å². The van der Waals surface area contributed by atoms with Crippen LogP contribution in [0.2, 0.25) is 0 Å². The zero-order valence-corrected chi connectivity index (χ0v) is 15.9. The third-order valence-electron chi connectivity index (χ3n) is 4.74. The number of nitrogen functional groups attached to an aromatic ring is 1. The number of anilines is 1. The summed E-state index contributed by atoms with van der Waals surface area (Å²) in [5, 5.41) is 16.7. The Morgan fingerprint density at radius 3 is 2.23 bits per heavy atom. The summed E-state index contributed by atoms with van der Waals surface area (Å²) in [4.78, 5) is 13.4. The number of rotatable bonds is 1. The summed E-state index contributed by atoms with van der Waals surface area (Å²) in [5.41, 5.74) is 11.1. The highest BCUT2D eigenvalue weighted by atomic mass is 19.4. The predicted molar refractivity (Wildman–Crippen MR) is 105 cm³/mol. The van der Waals surface area contributed by atoms with Gasteiger partial charge in [0, 0.05) is 16.7 Å². The Balaban J connectivity index is 0.000000339. The van der Waals surface area contributed by atoms with Crippen LogP contribution in [0.5, 0.6) is 0 Å². The Kier molecular flexibility index (Phi) is 5.92. The van der Waals surface area contributed by atoms with E-state index in [0.717, 1.165) is 23.2 Å². The Hall–Kier alpha value is -3.93. The van der Waals surface area contributed by atoms with Crippen molar-refractivity contribution in [2.45, 2.75) is 19.0 Å². The van der Waals surface area contributed by atoms with Crippen LogP contribution in [0.4, 0.5) is 23.4 Å². The summed E-state index contributed by atoms with van der Waals surface area (Å²) in [5.74, 6) is -2.97. The molecule has 4 rings (SSSR count). The highest BCUT2D eigenvalue weighted by molar-refractivity contribution is 5.86. The molecule has 0 fully saturated rings. The fourth-order valence-electron chi connectivity index (χ4n) is 3.41. The van der Waals surface area contributed by atoms with Crippen LogP contribution >= 0.6 is 0 Å². The molecule has 1 aliphatic carbocycles. The number of carboxylic acid groups (broad SMARTS) is 1. The lowest BCUT2D eigenvalue weighted by Crippen LogP contribution is -2.21. The van der Waals surface area contributed by atoms with Crippen molar-refractivity contribution in [2.75, 3.05) is 5.73 Å². The minimum Gasteiger partial charge on any atom is -0.475 e. The smallest absolute Gasteiger partial charge is 0.475 e. The van der Waals surface area contributed by atoms with Crippen molar-refractivity contribution in [1.82, 2.24) is 4.98 Å². The van der Waals surface area contributed by atoms with E-state index in [1.165, 1.54) is 11.6 Å². The molecular weight excluding hydrogens is 414 g/mol. The van der Waals surface area contributed by atoms with Gasteiger partial charge < -0.3 is 10.8 Å². The Labute approximate surface area is 174 Å². The minimum atomic E-state index is -5.08. The van der Waals surface area contributed by atoms with Gasteiger partial charge in [-0.1, -0.05) is 42.5 Å². The Morgan fingerprint density at radius 1 is 1.06 bits per heavy atom. The lowest BCUT2D eigenvalue weighted by Gasteiger charge is -2.23. The van der Waals surface area contributed by atoms with Gasteiger partial charge in [-0.05, 0) is 30.0 Å². The van der Waals surface area contributed by atoms with E-state index in [1.807, 2.05) is 18.2 Å². The third-order valence-corrected chi connectivity index (χ3v) is 4.74. The molecule has 0 aliphatic heterocycles. The first kappa shape index (κ1) is 21.8. The molecule has 9 heteroatoms. The van der Waals surface area contributed by atoms with Crippen molar-refractivity contribution in [1.29, 1.82) is 5.26 Å². The molecule has 0 bridgehead atoms. The number of hydrogen-bond acceptors (Lipinski definition) is 4. The number of aliphatic carboxylic acids is 1. The van der Waals surface area contributed by atoms with Crippen LogP contribution in [0.3, 0.4) is 0 Å². The van der Waals surface area contributed by atoms with Gasteiger partial charge in [0.05, 0.1) is 5.69 Å². The number of aryl methyl sites for hydroxylation is 1. The molecule has 0 spiro atoms. The molecule has 2 aromatic carbocycles. The molecule has 1 aromatic heterocycles. The van der Waals surface area contributed by atoms with Gasteiger partial charge in [0.25, 0.3) is 0 Å². The summed E-state index contributed by atoms with van der Waals surface area (Å²) >= 11 is 0. The molecule has 0 radical (unpaired) electrons. The molecule has 0 amide bonds. The van der Waals surface area contributed by atoms with Gasteiger partial charge >= 0.3 is 12.1 Å². The van der Waals surface area contributed by atoms with E-state index in [4.69, 9.17) is 15.6 Å². The van der Waals surface area contributed by atoms with Crippen molar-refractivity contribution in [2.24, 2.45) is 0 Å². The van der Waals surface area contributed by atoms with E-state index in [1.54, 1.807) is 18.2 Å². The fourth-order valence-corrected chi connectivity index (χ4v) is 3.41. The van der Waals surface area contributed by atoms with Crippen LogP contribution in [0.1, 0.15) is 16.7 Å². The van der Waals surface area contributed by atoms with Gasteiger partial charge in [-0.3, -0.25) is 0 Å². The Morgan fingerprint density at radius 2 is 1.65 bits per heavy atom. The lowest BCUT2D eigenvalue weighted by molar-refractivity contribution is -0.192. The van der Waals surface area contributed by atoms with Crippen LogP contribution in [-0.4, -0.2) is 22.2 Å². The summed E-state index contributed by atoms with van der Waals surface area (Å²) in [6, 6.07) is 16.6. The summed E-state index contributed by atoms with van der Waals surface area (Å²) < 4.78 is 46.2. The zero-order chi connectivity index (χ0) is 22.8. The SMILES string of the molecule is N#Cc1c(N)nc2c(c1-c1ccccc1F)CCc1ccccc1-2.O=C(O)C(F)(F)F. The monoisotopic (exact) mass is 429 g/mol. The van der Waals surface area contributed by atoms with Crippen molar-refractivity contribution in [3.63, 3.8) is 0 Å². The average molecular weight is 429 g/mol. The summed E-state index contributed by atoms with van der Waals surface area (Å²) in [7, 11) is 0. The predicted octanol–water partition coefficient (Wildman–Crippen LogP) is 4.74. The highest BCUT2D eigenvalue weighted by Crippen LogP contribution is 2.41. The first-order valence-corrected chi connectivity index (χ1v) is 9.00. The van der Waals surface area contributed by atoms with Crippen LogP contribution in [0.15, 0.2) is 48.5 Å². The largest absolute Gasteiger partial charge is 0.490 e. The number of nitrogens with zero attached hydrogens (tertiary/aromatic N) is 2. The first-order chi connectivity index (χ1) is 14.6. The molecule has 0 unspecified atom stereocenters. The molecule has 31 heavy (non-hydrogen) atoms. The Bertz CT molecular complexity index is 1200. The second kappa shape index (κ2) is 8.44. The zero-order valence-electron chi connectivity index (χ0n) is 15.9. The van der Waals surface area contributed by atoms with E-state index >= 15 is 0 Å². The number of nitriles is 1. The number of aromatic nitrogens is 1. The molecule has 1 aliphatic rings. The van der Waals surface area contributed by atoms with E-state index in [2.05, 4.69) is 17.1 Å². The number of hydrogen-bond donors (Lipinski definition) is 2. The number of alkyl halides is 3. The number of nitrogens with two attached hydrogens (primary N) is 1. The number of pyridine rings is 1. The molecular formula is C22H15F4N3O2. The second-order valence-corrected chi connectivity index (χ2v) is 6.63. The highest BCUT2D eigenvalue weighted by Gasteiger charge is 2.38. The standard InChI is InChI=1S/C20H14FN3.C2HF3O2/c21-17-8-4-3-7-14(17)18-15-10-9-12-5-1-2-6-13(12)19(15)24-20(23)16(18)11-22;3-2(4,5)1(6)7/h1-8H,9-10H2,(H2,23,24);(H,6,7).